The van der Waals surface area contributed by atoms with Gasteiger partial charge in [-0.2, -0.15) is 0 Å². The van der Waals surface area contributed by atoms with Crippen LogP contribution in [0.25, 0.3) is 22.3 Å². The van der Waals surface area contributed by atoms with E-state index in [4.69, 9.17) is 0 Å². The largest absolute Gasteiger partial charge is 0.310 e. The summed E-state index contributed by atoms with van der Waals surface area (Å²) in [6, 6.07) is 25.9. The summed E-state index contributed by atoms with van der Waals surface area (Å²) >= 11 is 0. The Labute approximate surface area is 170 Å². The highest BCUT2D eigenvalue weighted by atomic mass is 16.1. The van der Waals surface area contributed by atoms with Crippen molar-refractivity contribution in [3.05, 3.63) is 103 Å². The Morgan fingerprint density at radius 2 is 1.52 bits per heavy atom. The fraction of sp³-hybridized carbons (Fsp3) is 0.0800. The predicted octanol–water partition coefficient (Wildman–Crippen LogP) is 5.30. The lowest BCUT2D eigenvalue weighted by Crippen LogP contribution is -2.15. The van der Waals surface area contributed by atoms with Gasteiger partial charge in [0.05, 0.1) is 6.42 Å². The molecule has 4 rings (SSSR count). The molecule has 1 N–H and O–H groups in total. The smallest absolute Gasteiger partial charge is 0.229 e. The van der Waals surface area contributed by atoms with E-state index in [1.54, 1.807) is 6.20 Å². The van der Waals surface area contributed by atoms with Gasteiger partial charge in [0.1, 0.15) is 5.82 Å². The maximum Gasteiger partial charge on any atom is 0.229 e. The van der Waals surface area contributed by atoms with Gasteiger partial charge in [-0.3, -0.25) is 9.78 Å². The Hall–Kier alpha value is -3.79. The molecule has 0 spiro atoms. The summed E-state index contributed by atoms with van der Waals surface area (Å²) in [6.07, 6.45) is 3.89. The summed E-state index contributed by atoms with van der Waals surface area (Å²) in [5.41, 5.74) is 6.29. The first-order chi connectivity index (χ1) is 14.2. The molecule has 2 aromatic carbocycles. The Morgan fingerprint density at radius 1 is 0.793 bits per heavy atom. The van der Waals surface area contributed by atoms with E-state index in [0.717, 1.165) is 33.5 Å². The van der Waals surface area contributed by atoms with Crippen molar-refractivity contribution in [2.45, 2.75) is 13.3 Å². The van der Waals surface area contributed by atoms with Crippen LogP contribution in [0.5, 0.6) is 0 Å². The zero-order valence-electron chi connectivity index (χ0n) is 16.2. The van der Waals surface area contributed by atoms with E-state index in [2.05, 4.69) is 15.3 Å². The molecule has 0 bridgehead atoms. The minimum Gasteiger partial charge on any atom is -0.310 e. The number of rotatable bonds is 5. The molecule has 0 aliphatic carbocycles. The SMILES string of the molecule is Cc1cc(-c2ccc(CC(=O)Nc3ccc(-c4ccccc4)cn3)cc2)ccn1. The second-order valence-electron chi connectivity index (χ2n) is 6.91. The molecule has 0 fully saturated rings. The average molecular weight is 379 g/mol. The van der Waals surface area contributed by atoms with Crippen molar-refractivity contribution in [3.8, 4) is 22.3 Å². The molecule has 0 radical (unpaired) electrons. The topological polar surface area (TPSA) is 54.9 Å². The molecule has 4 aromatic rings. The summed E-state index contributed by atoms with van der Waals surface area (Å²) in [7, 11) is 0. The lowest BCUT2D eigenvalue weighted by molar-refractivity contribution is -0.115. The number of benzene rings is 2. The highest BCUT2D eigenvalue weighted by molar-refractivity contribution is 5.91. The second-order valence-corrected chi connectivity index (χ2v) is 6.91. The maximum absolute atomic E-state index is 12.4. The molecule has 2 heterocycles. The number of amides is 1. The molecule has 2 aromatic heterocycles. The van der Waals surface area contributed by atoms with Crippen LogP contribution in [0.1, 0.15) is 11.3 Å². The van der Waals surface area contributed by atoms with E-state index in [0.29, 0.717) is 12.2 Å². The normalized spacial score (nSPS) is 10.5. The summed E-state index contributed by atoms with van der Waals surface area (Å²) in [5.74, 6) is 0.469. The van der Waals surface area contributed by atoms with Crippen molar-refractivity contribution in [2.24, 2.45) is 0 Å². The van der Waals surface area contributed by atoms with Gasteiger partial charge in [0.15, 0.2) is 0 Å². The van der Waals surface area contributed by atoms with Gasteiger partial charge in [0.2, 0.25) is 5.91 Å². The van der Waals surface area contributed by atoms with Crippen LogP contribution >= 0.6 is 0 Å². The number of nitrogens with zero attached hydrogens (tertiary/aromatic N) is 2. The number of hydrogen-bond acceptors (Lipinski definition) is 3. The van der Waals surface area contributed by atoms with E-state index in [-0.39, 0.29) is 5.91 Å². The monoisotopic (exact) mass is 379 g/mol. The number of aryl methyl sites for hydroxylation is 1. The van der Waals surface area contributed by atoms with Crippen LogP contribution in [0.4, 0.5) is 5.82 Å². The van der Waals surface area contributed by atoms with Crippen molar-refractivity contribution >= 4 is 11.7 Å². The fourth-order valence-corrected chi connectivity index (χ4v) is 3.18. The average Bonchev–Trinajstić information content (AvgIpc) is 2.75. The number of nitrogens with one attached hydrogen (secondary N) is 1. The molecule has 142 valence electrons. The van der Waals surface area contributed by atoms with Gasteiger partial charge in [-0.25, -0.2) is 4.98 Å². The molecule has 4 nitrogen and oxygen atoms in total. The molecular formula is C25H21N3O. The first kappa shape index (κ1) is 18.6. The van der Waals surface area contributed by atoms with Crippen molar-refractivity contribution in [1.82, 2.24) is 9.97 Å². The van der Waals surface area contributed by atoms with E-state index in [1.807, 2.05) is 92.0 Å². The van der Waals surface area contributed by atoms with Gasteiger partial charge in [-0.1, -0.05) is 54.6 Å². The third-order valence-corrected chi connectivity index (χ3v) is 4.69. The predicted molar refractivity (Wildman–Crippen MR) is 116 cm³/mol. The third-order valence-electron chi connectivity index (χ3n) is 4.69. The van der Waals surface area contributed by atoms with Crippen molar-refractivity contribution in [2.75, 3.05) is 5.32 Å². The van der Waals surface area contributed by atoms with Crippen LogP contribution in [0.15, 0.2) is 91.3 Å². The highest BCUT2D eigenvalue weighted by Gasteiger charge is 2.07. The number of carbonyl (C=O) groups excluding carboxylic acids is 1. The Morgan fingerprint density at radius 3 is 2.21 bits per heavy atom. The van der Waals surface area contributed by atoms with E-state index in [1.165, 1.54) is 0 Å². The zero-order chi connectivity index (χ0) is 20.1. The van der Waals surface area contributed by atoms with Crippen molar-refractivity contribution in [3.63, 3.8) is 0 Å². The Bertz CT molecular complexity index is 1100. The third kappa shape index (κ3) is 4.74. The quantitative estimate of drug-likeness (QED) is 0.512. The molecule has 0 saturated heterocycles. The highest BCUT2D eigenvalue weighted by Crippen LogP contribution is 2.21. The maximum atomic E-state index is 12.4. The first-order valence-electron chi connectivity index (χ1n) is 9.51. The van der Waals surface area contributed by atoms with Gasteiger partial charge in [0, 0.05) is 23.7 Å². The zero-order valence-corrected chi connectivity index (χ0v) is 16.2. The number of aromatic nitrogens is 2. The number of anilines is 1. The van der Waals surface area contributed by atoms with Gasteiger partial charge < -0.3 is 5.32 Å². The first-order valence-corrected chi connectivity index (χ1v) is 9.51. The summed E-state index contributed by atoms with van der Waals surface area (Å²) in [4.78, 5) is 21.0. The van der Waals surface area contributed by atoms with Gasteiger partial charge in [-0.05, 0) is 53.4 Å². The van der Waals surface area contributed by atoms with Crippen LogP contribution in [0, 0.1) is 6.92 Å². The molecule has 1 amide bonds. The Balaban J connectivity index is 1.38. The summed E-state index contributed by atoms with van der Waals surface area (Å²) < 4.78 is 0. The number of pyridine rings is 2. The van der Waals surface area contributed by atoms with E-state index in [9.17, 15) is 4.79 Å². The van der Waals surface area contributed by atoms with Crippen LogP contribution in [0.2, 0.25) is 0 Å². The second kappa shape index (κ2) is 8.48. The molecule has 0 atom stereocenters. The van der Waals surface area contributed by atoms with Gasteiger partial charge >= 0.3 is 0 Å². The van der Waals surface area contributed by atoms with E-state index >= 15 is 0 Å². The minimum atomic E-state index is -0.0857. The molecule has 4 heteroatoms. The van der Waals surface area contributed by atoms with Crippen LogP contribution in [-0.2, 0) is 11.2 Å². The Kier molecular flexibility index (Phi) is 5.43. The molecule has 29 heavy (non-hydrogen) atoms. The molecule has 0 unspecified atom stereocenters. The number of carbonyl (C=O) groups is 1. The van der Waals surface area contributed by atoms with Gasteiger partial charge in [0.25, 0.3) is 0 Å². The van der Waals surface area contributed by atoms with Crippen molar-refractivity contribution < 1.29 is 4.79 Å². The minimum absolute atomic E-state index is 0.0857. The lowest BCUT2D eigenvalue weighted by atomic mass is 10.0. The standard InChI is InChI=1S/C25H21N3O/c1-18-15-22(13-14-26-18)21-9-7-19(8-10-21)16-25(29)28-24-12-11-23(17-27-24)20-5-3-2-4-6-20/h2-15,17H,16H2,1H3,(H,27,28,29). The molecule has 0 saturated carbocycles. The van der Waals surface area contributed by atoms with E-state index < -0.39 is 0 Å². The fourth-order valence-electron chi connectivity index (χ4n) is 3.18. The van der Waals surface area contributed by atoms with Crippen LogP contribution in [-0.4, -0.2) is 15.9 Å². The molecule has 0 aliphatic heterocycles. The molecular weight excluding hydrogens is 358 g/mol. The van der Waals surface area contributed by atoms with Crippen LogP contribution in [0.3, 0.4) is 0 Å². The van der Waals surface area contributed by atoms with Gasteiger partial charge in [-0.15, -0.1) is 0 Å². The summed E-state index contributed by atoms with van der Waals surface area (Å²) in [6.45, 7) is 1.97. The number of hydrogen-bond donors (Lipinski definition) is 1. The lowest BCUT2D eigenvalue weighted by Gasteiger charge is -2.07. The molecule has 0 aliphatic rings. The van der Waals surface area contributed by atoms with Crippen LogP contribution < -0.4 is 5.32 Å². The summed E-state index contributed by atoms with van der Waals surface area (Å²) in [5, 5.41) is 2.86. The van der Waals surface area contributed by atoms with Crippen molar-refractivity contribution in [1.29, 1.82) is 0 Å².